The fourth-order valence-electron chi connectivity index (χ4n) is 1.75. The van der Waals surface area contributed by atoms with Gasteiger partial charge in [-0.1, -0.05) is 12.1 Å². The van der Waals surface area contributed by atoms with E-state index >= 15 is 0 Å². The minimum Gasteiger partial charge on any atom is -0.484 e. The third-order valence-corrected chi connectivity index (χ3v) is 3.69. The van der Waals surface area contributed by atoms with Crippen molar-refractivity contribution in [2.45, 2.75) is 20.3 Å². The average Bonchev–Trinajstić information content (AvgIpc) is 2.82. The van der Waals surface area contributed by atoms with E-state index < -0.39 is 0 Å². The number of hydrogen-bond donors (Lipinski definition) is 1. The summed E-state index contributed by atoms with van der Waals surface area (Å²) in [7, 11) is 0. The van der Waals surface area contributed by atoms with E-state index in [4.69, 9.17) is 4.74 Å². The molecule has 0 atom stereocenters. The molecule has 1 N–H and O–H groups in total. The topological polar surface area (TPSA) is 51.2 Å². The number of nitrogens with one attached hydrogen (secondary N) is 1. The number of hydrogen-bond acceptors (Lipinski definition) is 4. The zero-order valence-corrected chi connectivity index (χ0v) is 12.5. The lowest BCUT2D eigenvalue weighted by atomic mass is 10.2. The molecular formula is C15H18N2O2S. The first-order chi connectivity index (χ1) is 9.63. The number of nitrogens with zero attached hydrogens (tertiary/aromatic N) is 1. The van der Waals surface area contributed by atoms with E-state index in [1.165, 1.54) is 4.88 Å². The Balaban J connectivity index is 1.68. The van der Waals surface area contributed by atoms with Crippen molar-refractivity contribution in [3.63, 3.8) is 0 Å². The van der Waals surface area contributed by atoms with E-state index in [2.05, 4.69) is 10.3 Å². The van der Waals surface area contributed by atoms with Gasteiger partial charge in [-0.25, -0.2) is 4.98 Å². The maximum absolute atomic E-state index is 11.6. The number of benzene rings is 1. The summed E-state index contributed by atoms with van der Waals surface area (Å²) in [5.41, 5.74) is 1.11. The van der Waals surface area contributed by atoms with Crippen LogP contribution in [-0.2, 0) is 11.2 Å². The summed E-state index contributed by atoms with van der Waals surface area (Å²) in [6.45, 7) is 4.62. The Labute approximate surface area is 122 Å². The van der Waals surface area contributed by atoms with Gasteiger partial charge in [0.15, 0.2) is 6.61 Å². The monoisotopic (exact) mass is 290 g/mol. The Kier molecular flexibility index (Phi) is 5.12. The summed E-state index contributed by atoms with van der Waals surface area (Å²) in [5, 5.41) is 3.89. The minimum absolute atomic E-state index is 0.0468. The standard InChI is InChI=1S/C15H18N2O2S/c1-11-4-3-5-13(8-11)19-10-15(18)16-7-6-14-9-17-12(2)20-14/h3-5,8-9H,6-7,10H2,1-2H3,(H,16,18). The molecule has 0 aliphatic heterocycles. The third kappa shape index (κ3) is 4.66. The first-order valence-electron chi connectivity index (χ1n) is 6.51. The van der Waals surface area contributed by atoms with Crippen LogP contribution >= 0.6 is 11.3 Å². The second-order valence-corrected chi connectivity index (χ2v) is 5.87. The van der Waals surface area contributed by atoms with Gasteiger partial charge < -0.3 is 10.1 Å². The fraction of sp³-hybridized carbons (Fsp3) is 0.333. The molecule has 5 heteroatoms. The molecule has 0 unspecified atom stereocenters. The van der Waals surface area contributed by atoms with Crippen molar-refractivity contribution in [2.24, 2.45) is 0 Å². The van der Waals surface area contributed by atoms with Crippen LogP contribution in [0.5, 0.6) is 5.75 Å². The molecule has 106 valence electrons. The van der Waals surface area contributed by atoms with Crippen LogP contribution in [0.25, 0.3) is 0 Å². The van der Waals surface area contributed by atoms with Crippen molar-refractivity contribution < 1.29 is 9.53 Å². The maximum atomic E-state index is 11.6. The van der Waals surface area contributed by atoms with Crippen LogP contribution in [0.3, 0.4) is 0 Å². The zero-order chi connectivity index (χ0) is 14.4. The lowest BCUT2D eigenvalue weighted by molar-refractivity contribution is -0.123. The van der Waals surface area contributed by atoms with Crippen LogP contribution in [0.4, 0.5) is 0 Å². The molecule has 1 heterocycles. The second kappa shape index (κ2) is 7.05. The van der Waals surface area contributed by atoms with Gasteiger partial charge in [-0.2, -0.15) is 0 Å². The van der Waals surface area contributed by atoms with Crippen LogP contribution in [0.1, 0.15) is 15.4 Å². The second-order valence-electron chi connectivity index (χ2n) is 4.55. The van der Waals surface area contributed by atoms with E-state index in [-0.39, 0.29) is 12.5 Å². The van der Waals surface area contributed by atoms with Gasteiger partial charge in [-0.05, 0) is 31.5 Å². The molecular weight excluding hydrogens is 272 g/mol. The van der Waals surface area contributed by atoms with Crippen LogP contribution in [0.15, 0.2) is 30.5 Å². The van der Waals surface area contributed by atoms with E-state index in [1.807, 2.05) is 44.3 Å². The third-order valence-electron chi connectivity index (χ3n) is 2.72. The Bertz CT molecular complexity index is 581. The molecule has 0 radical (unpaired) electrons. The molecule has 1 aromatic heterocycles. The molecule has 20 heavy (non-hydrogen) atoms. The van der Waals surface area contributed by atoms with Crippen LogP contribution in [0.2, 0.25) is 0 Å². The lowest BCUT2D eigenvalue weighted by Crippen LogP contribution is -2.30. The highest BCUT2D eigenvalue weighted by Crippen LogP contribution is 2.12. The summed E-state index contributed by atoms with van der Waals surface area (Å²) in [5.74, 6) is 0.617. The van der Waals surface area contributed by atoms with Gasteiger partial charge >= 0.3 is 0 Å². The quantitative estimate of drug-likeness (QED) is 0.889. The van der Waals surface area contributed by atoms with Gasteiger partial charge in [0.1, 0.15) is 5.75 Å². The van der Waals surface area contributed by atoms with E-state index in [1.54, 1.807) is 11.3 Å². The lowest BCUT2D eigenvalue weighted by Gasteiger charge is -2.07. The Hall–Kier alpha value is -1.88. The molecule has 4 nitrogen and oxygen atoms in total. The summed E-state index contributed by atoms with van der Waals surface area (Å²) in [6, 6.07) is 7.66. The number of carbonyl (C=O) groups excluding carboxylic acids is 1. The van der Waals surface area contributed by atoms with E-state index in [9.17, 15) is 4.79 Å². The smallest absolute Gasteiger partial charge is 0.257 e. The summed E-state index contributed by atoms with van der Waals surface area (Å²) >= 11 is 1.66. The molecule has 2 aromatic rings. The van der Waals surface area contributed by atoms with Crippen molar-refractivity contribution >= 4 is 17.2 Å². The molecule has 0 aliphatic rings. The molecule has 0 spiro atoms. The summed E-state index contributed by atoms with van der Waals surface area (Å²) in [4.78, 5) is 17.0. The van der Waals surface area contributed by atoms with Crippen LogP contribution in [-0.4, -0.2) is 24.0 Å². The fourth-order valence-corrected chi connectivity index (χ4v) is 2.55. The predicted octanol–water partition coefficient (Wildman–Crippen LogP) is 2.50. The predicted molar refractivity (Wildman–Crippen MR) is 80.2 cm³/mol. The zero-order valence-electron chi connectivity index (χ0n) is 11.7. The normalized spacial score (nSPS) is 10.3. The molecule has 0 aliphatic carbocycles. The molecule has 0 bridgehead atoms. The first kappa shape index (κ1) is 14.5. The maximum Gasteiger partial charge on any atom is 0.257 e. The van der Waals surface area contributed by atoms with E-state index in [0.717, 1.165) is 22.7 Å². The highest BCUT2D eigenvalue weighted by atomic mass is 32.1. The summed E-state index contributed by atoms with van der Waals surface area (Å²) in [6.07, 6.45) is 2.66. The highest BCUT2D eigenvalue weighted by molar-refractivity contribution is 7.11. The molecule has 0 saturated heterocycles. The SMILES string of the molecule is Cc1cccc(OCC(=O)NCCc2cnc(C)s2)c1. The number of amides is 1. The van der Waals surface area contributed by atoms with Gasteiger partial charge in [0, 0.05) is 24.0 Å². The van der Waals surface area contributed by atoms with Crippen LogP contribution in [0, 0.1) is 13.8 Å². The number of carbonyl (C=O) groups is 1. The molecule has 0 fully saturated rings. The largest absolute Gasteiger partial charge is 0.484 e. The van der Waals surface area contributed by atoms with Gasteiger partial charge in [0.2, 0.25) is 0 Å². The number of rotatable bonds is 6. The molecule has 2 rings (SSSR count). The highest BCUT2D eigenvalue weighted by Gasteiger charge is 2.03. The van der Waals surface area contributed by atoms with Gasteiger partial charge in [-0.15, -0.1) is 11.3 Å². The van der Waals surface area contributed by atoms with Gasteiger partial charge in [0.25, 0.3) is 5.91 Å². The molecule has 0 saturated carbocycles. The molecule has 1 amide bonds. The Morgan fingerprint density at radius 3 is 2.95 bits per heavy atom. The molecule has 1 aromatic carbocycles. The first-order valence-corrected chi connectivity index (χ1v) is 7.32. The number of aromatic nitrogens is 1. The van der Waals surface area contributed by atoms with Crippen LogP contribution < -0.4 is 10.1 Å². The Morgan fingerprint density at radius 1 is 1.40 bits per heavy atom. The number of aryl methyl sites for hydroxylation is 2. The minimum atomic E-state index is -0.104. The van der Waals surface area contributed by atoms with Crippen molar-refractivity contribution in [2.75, 3.05) is 13.2 Å². The number of thiazole rings is 1. The van der Waals surface area contributed by atoms with Crippen molar-refractivity contribution in [1.82, 2.24) is 10.3 Å². The average molecular weight is 290 g/mol. The number of ether oxygens (including phenoxy) is 1. The summed E-state index contributed by atoms with van der Waals surface area (Å²) < 4.78 is 5.43. The van der Waals surface area contributed by atoms with E-state index in [0.29, 0.717) is 6.54 Å². The van der Waals surface area contributed by atoms with Crippen molar-refractivity contribution in [3.8, 4) is 5.75 Å². The van der Waals surface area contributed by atoms with Gasteiger partial charge in [0.05, 0.1) is 5.01 Å². The van der Waals surface area contributed by atoms with Gasteiger partial charge in [-0.3, -0.25) is 4.79 Å². The van der Waals surface area contributed by atoms with Crippen molar-refractivity contribution in [1.29, 1.82) is 0 Å². The Morgan fingerprint density at radius 2 is 2.25 bits per heavy atom. The van der Waals surface area contributed by atoms with Crippen molar-refractivity contribution in [3.05, 3.63) is 45.9 Å².